The molecule has 4 N–H and O–H groups in total. The van der Waals surface area contributed by atoms with Gasteiger partial charge in [0.05, 0.1) is 24.7 Å². The van der Waals surface area contributed by atoms with Crippen LogP contribution in [0, 0.1) is 5.92 Å². The molecule has 1 aliphatic carbocycles. The molecular weight excluding hydrogens is 509 g/mol. The van der Waals surface area contributed by atoms with Gasteiger partial charge in [-0.3, -0.25) is 9.73 Å². The summed E-state index contributed by atoms with van der Waals surface area (Å²) in [6, 6.07) is 0.525. The fraction of sp³-hybridized carbons (Fsp3) is 0.609. The summed E-state index contributed by atoms with van der Waals surface area (Å²) in [7, 11) is 0. The molecular formula is C23H29F3N8O4. The van der Waals surface area contributed by atoms with E-state index in [9.17, 15) is 22.8 Å². The van der Waals surface area contributed by atoms with Gasteiger partial charge in [-0.25, -0.2) is 14.8 Å². The Balaban J connectivity index is 1.42. The van der Waals surface area contributed by atoms with Crippen molar-refractivity contribution in [2.75, 3.05) is 26.2 Å². The summed E-state index contributed by atoms with van der Waals surface area (Å²) in [5, 5.41) is 9.08. The van der Waals surface area contributed by atoms with Crippen molar-refractivity contribution in [2.45, 2.75) is 57.0 Å². The second-order valence-corrected chi connectivity index (χ2v) is 10.1. The van der Waals surface area contributed by atoms with Crippen LogP contribution in [0.4, 0.5) is 18.0 Å². The number of nitrogens with zero attached hydrogens (tertiary/aromatic N) is 4. The SMILES string of the molecule is CC(C)(OCC(NC(=O)C1=NONC1)c1nc2ncc(C(C3CC3)N3CCCNC3=O)cc2[nH]1)C(F)(F)F. The van der Waals surface area contributed by atoms with Gasteiger partial charge in [0.25, 0.3) is 5.91 Å². The Kier molecular flexibility index (Phi) is 6.90. The molecule has 2 atom stereocenters. The van der Waals surface area contributed by atoms with Crippen LogP contribution in [-0.4, -0.2) is 75.5 Å². The summed E-state index contributed by atoms with van der Waals surface area (Å²) in [5.41, 5.74) is 1.66. The van der Waals surface area contributed by atoms with Crippen molar-refractivity contribution < 1.29 is 32.4 Å². The van der Waals surface area contributed by atoms with E-state index in [0.29, 0.717) is 30.2 Å². The minimum Gasteiger partial charge on any atom is -0.364 e. The first-order valence-electron chi connectivity index (χ1n) is 12.4. The van der Waals surface area contributed by atoms with Crippen LogP contribution in [-0.2, 0) is 14.5 Å². The number of urea groups is 1. The van der Waals surface area contributed by atoms with Crippen LogP contribution in [0.25, 0.3) is 11.2 Å². The first-order chi connectivity index (χ1) is 18.0. The zero-order valence-corrected chi connectivity index (χ0v) is 20.9. The molecule has 5 rings (SSSR count). The molecule has 1 saturated heterocycles. The molecule has 38 heavy (non-hydrogen) atoms. The zero-order valence-electron chi connectivity index (χ0n) is 20.9. The molecule has 15 heteroatoms. The number of carbonyl (C=O) groups excluding carboxylic acids is 2. The smallest absolute Gasteiger partial charge is 0.364 e. The fourth-order valence-electron chi connectivity index (χ4n) is 4.44. The number of ether oxygens (including phenoxy) is 1. The van der Waals surface area contributed by atoms with Gasteiger partial charge in [0.15, 0.2) is 17.0 Å². The number of aromatic nitrogens is 3. The van der Waals surface area contributed by atoms with E-state index >= 15 is 0 Å². The lowest BCUT2D eigenvalue weighted by Crippen LogP contribution is -2.48. The van der Waals surface area contributed by atoms with Crippen LogP contribution < -0.4 is 16.1 Å². The van der Waals surface area contributed by atoms with E-state index in [0.717, 1.165) is 38.7 Å². The number of carbonyl (C=O) groups is 2. The van der Waals surface area contributed by atoms with E-state index in [-0.39, 0.29) is 30.2 Å². The lowest BCUT2D eigenvalue weighted by molar-refractivity contribution is -0.265. The largest absolute Gasteiger partial charge is 0.416 e. The Hall–Kier alpha value is -3.46. The lowest BCUT2D eigenvalue weighted by atomic mass is 10.0. The lowest BCUT2D eigenvalue weighted by Gasteiger charge is -2.35. The third kappa shape index (κ3) is 5.38. The average molecular weight is 539 g/mol. The summed E-state index contributed by atoms with van der Waals surface area (Å²) < 4.78 is 45.4. The molecule has 0 spiro atoms. The van der Waals surface area contributed by atoms with Crippen LogP contribution in [0.1, 0.15) is 56.6 Å². The summed E-state index contributed by atoms with van der Waals surface area (Å²) in [4.78, 5) is 43.6. The Morgan fingerprint density at radius 2 is 2.13 bits per heavy atom. The van der Waals surface area contributed by atoms with Crippen LogP contribution >= 0.6 is 0 Å². The predicted octanol–water partition coefficient (Wildman–Crippen LogP) is 2.23. The number of alkyl halides is 3. The van der Waals surface area contributed by atoms with Gasteiger partial charge in [0, 0.05) is 19.3 Å². The molecule has 206 valence electrons. The third-order valence-electron chi connectivity index (χ3n) is 6.89. The molecule has 3 aliphatic rings. The molecule has 0 radical (unpaired) electrons. The molecule has 4 heterocycles. The highest BCUT2D eigenvalue weighted by atomic mass is 19.4. The number of oxime groups is 1. The van der Waals surface area contributed by atoms with E-state index in [1.807, 2.05) is 11.0 Å². The number of imidazole rings is 1. The molecule has 2 aliphatic heterocycles. The van der Waals surface area contributed by atoms with Crippen molar-refractivity contribution in [3.05, 3.63) is 23.7 Å². The van der Waals surface area contributed by atoms with Crippen molar-refractivity contribution >= 4 is 28.8 Å². The standard InChI is InChI=1S/C23H29F3N8O4/c1-22(2,23(24,25)26)37-11-16(31-20(35)15-10-29-38-33-15)19-30-14-8-13(9-28-18(14)32-19)17(12-4-5-12)34-7-3-6-27-21(34)36/h8-9,12,16-17,29H,3-7,10-11H2,1-2H3,(H,27,36)(H,31,35)(H,28,30,32). The number of amides is 3. The number of hydroxylamine groups is 1. The second-order valence-electron chi connectivity index (χ2n) is 10.1. The Labute approximate surface area is 215 Å². The number of hydrogen-bond donors (Lipinski definition) is 4. The molecule has 2 unspecified atom stereocenters. The van der Waals surface area contributed by atoms with Gasteiger partial charge in [-0.1, -0.05) is 5.16 Å². The maximum absolute atomic E-state index is 13.4. The summed E-state index contributed by atoms with van der Waals surface area (Å²) in [6.07, 6.45) is -0.101. The van der Waals surface area contributed by atoms with Gasteiger partial charge in [-0.2, -0.15) is 13.2 Å². The molecule has 2 aromatic heterocycles. The molecule has 0 bridgehead atoms. The maximum atomic E-state index is 13.4. The van der Waals surface area contributed by atoms with Crippen LogP contribution in [0.2, 0.25) is 0 Å². The highest BCUT2D eigenvalue weighted by Crippen LogP contribution is 2.45. The number of fused-ring (bicyclic) bond motifs is 1. The van der Waals surface area contributed by atoms with Gasteiger partial charge in [-0.05, 0) is 50.7 Å². The minimum absolute atomic E-state index is 0.0219. The molecule has 0 aromatic carbocycles. The van der Waals surface area contributed by atoms with E-state index in [1.165, 1.54) is 0 Å². The van der Waals surface area contributed by atoms with Crippen molar-refractivity contribution in [1.29, 1.82) is 0 Å². The first kappa shape index (κ1) is 26.2. The highest BCUT2D eigenvalue weighted by molar-refractivity contribution is 6.39. The third-order valence-corrected chi connectivity index (χ3v) is 6.89. The second kappa shape index (κ2) is 10.0. The monoisotopic (exact) mass is 538 g/mol. The topological polar surface area (TPSA) is 146 Å². The first-order valence-corrected chi connectivity index (χ1v) is 12.4. The number of aromatic amines is 1. The van der Waals surface area contributed by atoms with E-state index in [1.54, 1.807) is 6.20 Å². The average Bonchev–Trinajstić information content (AvgIpc) is 3.36. The Morgan fingerprint density at radius 1 is 1.34 bits per heavy atom. The van der Waals surface area contributed by atoms with Crippen LogP contribution in [0.15, 0.2) is 17.4 Å². The van der Waals surface area contributed by atoms with E-state index < -0.39 is 30.3 Å². The molecule has 2 aromatic rings. The molecule has 12 nitrogen and oxygen atoms in total. The fourth-order valence-corrected chi connectivity index (χ4v) is 4.44. The number of hydrogen-bond acceptors (Lipinski definition) is 8. The van der Waals surface area contributed by atoms with Gasteiger partial charge in [0.1, 0.15) is 11.9 Å². The summed E-state index contributed by atoms with van der Waals surface area (Å²) >= 11 is 0. The van der Waals surface area contributed by atoms with Crippen molar-refractivity contribution in [3.63, 3.8) is 0 Å². The van der Waals surface area contributed by atoms with Gasteiger partial charge in [0.2, 0.25) is 0 Å². The Bertz CT molecular complexity index is 1240. The highest BCUT2D eigenvalue weighted by Gasteiger charge is 2.49. The normalized spacial score (nSPS) is 20.1. The van der Waals surface area contributed by atoms with E-state index in [2.05, 4.69) is 41.2 Å². The van der Waals surface area contributed by atoms with Crippen molar-refractivity contribution in [3.8, 4) is 0 Å². The number of rotatable bonds is 9. The molecule has 3 amide bonds. The van der Waals surface area contributed by atoms with Gasteiger partial charge in [-0.15, -0.1) is 5.48 Å². The van der Waals surface area contributed by atoms with Crippen LogP contribution in [0.3, 0.4) is 0 Å². The summed E-state index contributed by atoms with van der Waals surface area (Å²) in [6.45, 7) is 2.61. The van der Waals surface area contributed by atoms with Crippen LogP contribution in [0.5, 0.6) is 0 Å². The van der Waals surface area contributed by atoms with Crippen molar-refractivity contribution in [1.82, 2.24) is 36.0 Å². The molecule has 1 saturated carbocycles. The maximum Gasteiger partial charge on any atom is 0.416 e. The minimum atomic E-state index is -4.63. The zero-order chi connectivity index (χ0) is 27.1. The van der Waals surface area contributed by atoms with E-state index in [4.69, 9.17) is 4.74 Å². The van der Waals surface area contributed by atoms with Gasteiger partial charge >= 0.3 is 12.2 Å². The number of halogens is 3. The number of nitrogens with one attached hydrogen (secondary N) is 4. The Morgan fingerprint density at radius 3 is 2.79 bits per heavy atom. The van der Waals surface area contributed by atoms with Gasteiger partial charge < -0.3 is 25.3 Å². The van der Waals surface area contributed by atoms with Crippen molar-refractivity contribution in [2.24, 2.45) is 11.1 Å². The summed E-state index contributed by atoms with van der Waals surface area (Å²) in [5.74, 6) is -0.150. The number of pyridine rings is 1. The quantitative estimate of drug-likeness (QED) is 0.383. The number of H-pyrrole nitrogens is 1. The predicted molar refractivity (Wildman–Crippen MR) is 128 cm³/mol. The molecule has 2 fully saturated rings.